The van der Waals surface area contributed by atoms with E-state index in [9.17, 15) is 8.42 Å². The van der Waals surface area contributed by atoms with Crippen molar-refractivity contribution in [2.45, 2.75) is 49.5 Å². The summed E-state index contributed by atoms with van der Waals surface area (Å²) in [5.41, 5.74) is 0. The third-order valence-corrected chi connectivity index (χ3v) is 5.29. The Hall–Kier alpha value is -0.390. The van der Waals surface area contributed by atoms with E-state index in [0.717, 1.165) is 30.2 Å². The molecule has 3 nitrogen and oxygen atoms in total. The minimum atomic E-state index is -3.38. The van der Waals surface area contributed by atoms with Crippen molar-refractivity contribution in [3.05, 3.63) is 28.7 Å². The standard InChI is InChI=1S/C13H18BrNO2S/c14-11-6-5-9-13(10-11)18(16,17)15-12-7-3-1-2-4-8-12/h5-6,9-10,12,15H,1-4,7-8H2. The van der Waals surface area contributed by atoms with E-state index in [4.69, 9.17) is 0 Å². The Morgan fingerprint density at radius 1 is 1.11 bits per heavy atom. The Labute approximate surface area is 117 Å². The van der Waals surface area contributed by atoms with Gasteiger partial charge in [-0.2, -0.15) is 0 Å². The summed E-state index contributed by atoms with van der Waals surface area (Å²) in [6.07, 6.45) is 6.57. The van der Waals surface area contributed by atoms with E-state index in [0.29, 0.717) is 4.90 Å². The van der Waals surface area contributed by atoms with Gasteiger partial charge in [0.25, 0.3) is 0 Å². The molecule has 100 valence electrons. The fourth-order valence-electron chi connectivity index (χ4n) is 2.32. The molecule has 0 aromatic heterocycles. The van der Waals surface area contributed by atoms with Gasteiger partial charge in [-0.1, -0.05) is 47.7 Å². The van der Waals surface area contributed by atoms with Crippen LogP contribution in [0.25, 0.3) is 0 Å². The lowest BCUT2D eigenvalue weighted by Gasteiger charge is -2.16. The van der Waals surface area contributed by atoms with Gasteiger partial charge in [0.15, 0.2) is 0 Å². The average molecular weight is 332 g/mol. The van der Waals surface area contributed by atoms with Gasteiger partial charge in [-0.25, -0.2) is 13.1 Å². The van der Waals surface area contributed by atoms with Crippen LogP contribution in [0.4, 0.5) is 0 Å². The van der Waals surface area contributed by atoms with Crippen LogP contribution in [0.15, 0.2) is 33.6 Å². The Kier molecular flexibility index (Phi) is 4.81. The Bertz CT molecular complexity index is 493. The van der Waals surface area contributed by atoms with Gasteiger partial charge in [-0.15, -0.1) is 0 Å². The van der Waals surface area contributed by atoms with Crippen molar-refractivity contribution in [2.24, 2.45) is 0 Å². The van der Waals surface area contributed by atoms with Crippen molar-refractivity contribution in [2.75, 3.05) is 0 Å². The van der Waals surface area contributed by atoms with Crippen molar-refractivity contribution in [3.63, 3.8) is 0 Å². The van der Waals surface area contributed by atoms with E-state index < -0.39 is 10.0 Å². The molecule has 0 saturated heterocycles. The Balaban J connectivity index is 2.11. The predicted octanol–water partition coefficient (Wildman–Crippen LogP) is 3.45. The predicted molar refractivity (Wildman–Crippen MR) is 76.0 cm³/mol. The van der Waals surface area contributed by atoms with Crippen LogP contribution in [-0.4, -0.2) is 14.5 Å². The average Bonchev–Trinajstić information content (AvgIpc) is 2.57. The zero-order chi connectivity index (χ0) is 13.0. The number of halogens is 1. The Morgan fingerprint density at radius 3 is 2.39 bits per heavy atom. The van der Waals surface area contributed by atoms with Crippen molar-refractivity contribution >= 4 is 26.0 Å². The maximum absolute atomic E-state index is 12.2. The number of hydrogen-bond acceptors (Lipinski definition) is 2. The molecule has 0 aliphatic heterocycles. The first-order valence-electron chi connectivity index (χ1n) is 6.36. The molecule has 1 aromatic rings. The van der Waals surface area contributed by atoms with Gasteiger partial charge in [0.2, 0.25) is 10.0 Å². The molecule has 0 bridgehead atoms. The maximum atomic E-state index is 12.2. The first-order valence-corrected chi connectivity index (χ1v) is 8.63. The van der Waals surface area contributed by atoms with Crippen molar-refractivity contribution in [1.82, 2.24) is 4.72 Å². The molecule has 1 N–H and O–H groups in total. The number of nitrogens with one attached hydrogen (secondary N) is 1. The van der Waals surface area contributed by atoms with Crippen LogP contribution in [0.1, 0.15) is 38.5 Å². The van der Waals surface area contributed by atoms with E-state index in [2.05, 4.69) is 20.7 Å². The molecule has 1 aliphatic rings. The van der Waals surface area contributed by atoms with E-state index in [1.807, 2.05) is 6.07 Å². The second-order valence-corrected chi connectivity index (χ2v) is 7.40. The topological polar surface area (TPSA) is 46.2 Å². The lowest BCUT2D eigenvalue weighted by atomic mass is 10.1. The zero-order valence-corrected chi connectivity index (χ0v) is 12.6. The summed E-state index contributed by atoms with van der Waals surface area (Å²) in [7, 11) is -3.38. The fraction of sp³-hybridized carbons (Fsp3) is 0.538. The molecular formula is C13H18BrNO2S. The van der Waals surface area contributed by atoms with Gasteiger partial charge < -0.3 is 0 Å². The fourth-order valence-corrected chi connectivity index (χ4v) is 4.22. The van der Waals surface area contributed by atoms with Crippen LogP contribution in [0.3, 0.4) is 0 Å². The van der Waals surface area contributed by atoms with E-state index in [1.54, 1.807) is 18.2 Å². The zero-order valence-electron chi connectivity index (χ0n) is 10.2. The molecule has 1 aliphatic carbocycles. The lowest BCUT2D eigenvalue weighted by Crippen LogP contribution is -2.34. The highest BCUT2D eigenvalue weighted by atomic mass is 79.9. The summed E-state index contributed by atoms with van der Waals surface area (Å²) < 4.78 is 28.1. The Morgan fingerprint density at radius 2 is 1.78 bits per heavy atom. The number of benzene rings is 1. The van der Waals surface area contributed by atoms with Crippen LogP contribution in [0.2, 0.25) is 0 Å². The summed E-state index contributed by atoms with van der Waals surface area (Å²) in [6.45, 7) is 0. The minimum absolute atomic E-state index is 0.0940. The second kappa shape index (κ2) is 6.17. The van der Waals surface area contributed by atoms with Crippen LogP contribution in [-0.2, 0) is 10.0 Å². The van der Waals surface area contributed by atoms with Crippen LogP contribution in [0.5, 0.6) is 0 Å². The van der Waals surface area contributed by atoms with Crippen molar-refractivity contribution in [1.29, 1.82) is 0 Å². The van der Waals surface area contributed by atoms with Crippen LogP contribution >= 0.6 is 15.9 Å². The molecule has 18 heavy (non-hydrogen) atoms. The highest BCUT2D eigenvalue weighted by Gasteiger charge is 2.21. The third-order valence-electron chi connectivity index (χ3n) is 3.28. The second-order valence-electron chi connectivity index (χ2n) is 4.77. The molecule has 0 atom stereocenters. The highest BCUT2D eigenvalue weighted by molar-refractivity contribution is 9.10. The van der Waals surface area contributed by atoms with Crippen molar-refractivity contribution < 1.29 is 8.42 Å². The van der Waals surface area contributed by atoms with Gasteiger partial charge in [0.05, 0.1) is 4.90 Å². The van der Waals surface area contributed by atoms with Crippen LogP contribution in [0, 0.1) is 0 Å². The molecule has 0 radical (unpaired) electrons. The van der Waals surface area contributed by atoms with E-state index in [-0.39, 0.29) is 6.04 Å². The summed E-state index contributed by atoms with van der Waals surface area (Å²) in [4.78, 5) is 0.334. The minimum Gasteiger partial charge on any atom is -0.208 e. The highest BCUT2D eigenvalue weighted by Crippen LogP contribution is 2.21. The first kappa shape index (κ1) is 14.0. The lowest BCUT2D eigenvalue weighted by molar-refractivity contribution is 0.510. The molecule has 0 amide bonds. The molecule has 2 rings (SSSR count). The molecule has 5 heteroatoms. The third kappa shape index (κ3) is 3.80. The summed E-state index contributed by atoms with van der Waals surface area (Å²) in [5.74, 6) is 0. The van der Waals surface area contributed by atoms with Gasteiger partial charge in [0.1, 0.15) is 0 Å². The molecule has 1 saturated carbocycles. The molecule has 0 spiro atoms. The smallest absolute Gasteiger partial charge is 0.208 e. The molecule has 0 unspecified atom stereocenters. The largest absolute Gasteiger partial charge is 0.240 e. The summed E-state index contributed by atoms with van der Waals surface area (Å²) in [6, 6.07) is 6.93. The van der Waals surface area contributed by atoms with Crippen LogP contribution < -0.4 is 4.72 Å². The van der Waals surface area contributed by atoms with Gasteiger partial charge in [0, 0.05) is 10.5 Å². The maximum Gasteiger partial charge on any atom is 0.240 e. The quantitative estimate of drug-likeness (QED) is 0.862. The first-order chi connectivity index (χ1) is 8.58. The molecule has 0 heterocycles. The van der Waals surface area contributed by atoms with E-state index in [1.165, 1.54) is 12.8 Å². The molecule has 1 fully saturated rings. The monoisotopic (exact) mass is 331 g/mol. The van der Waals surface area contributed by atoms with Gasteiger partial charge in [-0.05, 0) is 31.0 Å². The number of sulfonamides is 1. The van der Waals surface area contributed by atoms with E-state index >= 15 is 0 Å². The summed E-state index contributed by atoms with van der Waals surface area (Å²) >= 11 is 3.30. The normalized spacial score (nSPS) is 18.5. The number of hydrogen-bond donors (Lipinski definition) is 1. The number of rotatable bonds is 3. The van der Waals surface area contributed by atoms with Gasteiger partial charge in [-0.3, -0.25) is 0 Å². The summed E-state index contributed by atoms with van der Waals surface area (Å²) in [5, 5.41) is 0. The molecular weight excluding hydrogens is 314 g/mol. The molecule has 1 aromatic carbocycles. The SMILES string of the molecule is O=S(=O)(NC1CCCCCC1)c1cccc(Br)c1. The van der Waals surface area contributed by atoms with Gasteiger partial charge >= 0.3 is 0 Å². The van der Waals surface area contributed by atoms with Crippen molar-refractivity contribution in [3.8, 4) is 0 Å².